The minimum absolute atomic E-state index is 0.0754. The lowest BCUT2D eigenvalue weighted by atomic mass is 9.61. The van der Waals surface area contributed by atoms with E-state index in [-0.39, 0.29) is 12.0 Å². The van der Waals surface area contributed by atoms with E-state index in [0.717, 1.165) is 30.9 Å². The third-order valence-corrected chi connectivity index (χ3v) is 4.59. The number of nitrogens with one attached hydrogen (secondary N) is 1. The van der Waals surface area contributed by atoms with E-state index in [1.165, 1.54) is 0 Å². The van der Waals surface area contributed by atoms with Crippen LogP contribution in [0.25, 0.3) is 0 Å². The van der Waals surface area contributed by atoms with Gasteiger partial charge in [0.05, 0.1) is 6.10 Å². The summed E-state index contributed by atoms with van der Waals surface area (Å²) in [6.45, 7) is 7.39. The van der Waals surface area contributed by atoms with Crippen molar-refractivity contribution >= 4 is 5.69 Å². The summed E-state index contributed by atoms with van der Waals surface area (Å²) in [5, 5.41) is 12.1. The molecule has 0 aliphatic heterocycles. The van der Waals surface area contributed by atoms with Gasteiger partial charge in [0.2, 0.25) is 0 Å². The molecule has 3 unspecified atom stereocenters. The third kappa shape index (κ3) is 3.30. The first-order chi connectivity index (χ1) is 10.1. The summed E-state index contributed by atoms with van der Waals surface area (Å²) in [4.78, 5) is 0. The molecule has 1 N–H and O–H groups in total. The van der Waals surface area contributed by atoms with Crippen molar-refractivity contribution in [2.45, 2.75) is 45.8 Å². The minimum Gasteiger partial charge on any atom is -0.479 e. The molecule has 4 heteroatoms. The lowest BCUT2D eigenvalue weighted by Gasteiger charge is -2.54. The molecule has 1 fully saturated rings. The highest BCUT2D eigenvalue weighted by atomic mass is 16.5. The smallest absolute Gasteiger partial charge is 0.174 e. The first-order valence-corrected chi connectivity index (χ1v) is 7.62. The average Bonchev–Trinajstić information content (AvgIpc) is 2.51. The standard InChI is InChI=1S/C17H24N2O2/c1-4-17(3)15(12-16(17)20-5-2)19-13-7-6-8-14(11-13)21-10-9-18/h6-8,11,15-16,19H,4-5,10,12H2,1-3H3. The lowest BCUT2D eigenvalue weighted by Crippen LogP contribution is -2.59. The Hall–Kier alpha value is -1.73. The molecule has 1 aromatic rings. The van der Waals surface area contributed by atoms with Gasteiger partial charge >= 0.3 is 0 Å². The zero-order chi connectivity index (χ0) is 15.3. The van der Waals surface area contributed by atoms with Gasteiger partial charge in [0.15, 0.2) is 6.61 Å². The quantitative estimate of drug-likeness (QED) is 0.833. The van der Waals surface area contributed by atoms with Gasteiger partial charge < -0.3 is 14.8 Å². The molecule has 2 rings (SSSR count). The van der Waals surface area contributed by atoms with Gasteiger partial charge in [-0.05, 0) is 31.9 Å². The molecule has 114 valence electrons. The fraction of sp³-hybridized carbons (Fsp3) is 0.588. The number of rotatable bonds is 7. The first-order valence-electron chi connectivity index (χ1n) is 7.62. The van der Waals surface area contributed by atoms with Gasteiger partial charge in [-0.3, -0.25) is 0 Å². The van der Waals surface area contributed by atoms with E-state index < -0.39 is 0 Å². The van der Waals surface area contributed by atoms with Gasteiger partial charge in [-0.2, -0.15) is 5.26 Å². The highest BCUT2D eigenvalue weighted by Gasteiger charge is 2.51. The Morgan fingerprint density at radius 2 is 2.24 bits per heavy atom. The second-order valence-electron chi connectivity index (χ2n) is 5.71. The minimum atomic E-state index is 0.0754. The number of anilines is 1. The van der Waals surface area contributed by atoms with Crippen LogP contribution < -0.4 is 10.1 Å². The maximum absolute atomic E-state index is 8.57. The molecule has 1 aromatic carbocycles. The maximum Gasteiger partial charge on any atom is 0.174 e. The number of hydrogen-bond acceptors (Lipinski definition) is 4. The van der Waals surface area contributed by atoms with E-state index in [9.17, 15) is 0 Å². The van der Waals surface area contributed by atoms with Crippen molar-refractivity contribution in [3.8, 4) is 11.8 Å². The molecule has 0 spiro atoms. The highest BCUT2D eigenvalue weighted by molar-refractivity contribution is 5.50. The molecule has 0 aromatic heterocycles. The predicted octanol–water partition coefficient (Wildman–Crippen LogP) is 3.59. The van der Waals surface area contributed by atoms with E-state index in [2.05, 4.69) is 19.2 Å². The molecule has 0 heterocycles. The van der Waals surface area contributed by atoms with Gasteiger partial charge in [-0.15, -0.1) is 0 Å². The van der Waals surface area contributed by atoms with Crippen molar-refractivity contribution < 1.29 is 9.47 Å². The van der Waals surface area contributed by atoms with E-state index in [1.807, 2.05) is 37.3 Å². The topological polar surface area (TPSA) is 54.3 Å². The van der Waals surface area contributed by atoms with Crippen molar-refractivity contribution in [3.05, 3.63) is 24.3 Å². The van der Waals surface area contributed by atoms with Crippen molar-refractivity contribution in [3.63, 3.8) is 0 Å². The molecule has 21 heavy (non-hydrogen) atoms. The Morgan fingerprint density at radius 1 is 1.43 bits per heavy atom. The highest BCUT2D eigenvalue weighted by Crippen LogP contribution is 2.47. The summed E-state index contributed by atoms with van der Waals surface area (Å²) in [7, 11) is 0. The molecule has 1 saturated carbocycles. The lowest BCUT2D eigenvalue weighted by molar-refractivity contribution is -0.109. The molecule has 1 aliphatic carbocycles. The first kappa shape index (κ1) is 15.7. The number of hydrogen-bond donors (Lipinski definition) is 1. The van der Waals surface area contributed by atoms with Gasteiger partial charge in [0.25, 0.3) is 0 Å². The summed E-state index contributed by atoms with van der Waals surface area (Å²) in [5.41, 5.74) is 1.20. The predicted molar refractivity (Wildman–Crippen MR) is 83.4 cm³/mol. The molecule has 0 bridgehead atoms. The molecule has 3 atom stereocenters. The molecule has 1 aliphatic rings. The SMILES string of the molecule is CCOC1CC(Nc2cccc(OCC#N)c2)C1(C)CC. The number of nitriles is 1. The van der Waals surface area contributed by atoms with Crippen LogP contribution in [0, 0.1) is 16.7 Å². The second kappa shape index (κ2) is 6.82. The van der Waals surface area contributed by atoms with Crippen LogP contribution >= 0.6 is 0 Å². The van der Waals surface area contributed by atoms with Crippen molar-refractivity contribution in [2.24, 2.45) is 5.41 Å². The van der Waals surface area contributed by atoms with Crippen molar-refractivity contribution in [2.75, 3.05) is 18.5 Å². The third-order valence-electron chi connectivity index (χ3n) is 4.59. The van der Waals surface area contributed by atoms with E-state index >= 15 is 0 Å². The zero-order valence-corrected chi connectivity index (χ0v) is 13.1. The van der Waals surface area contributed by atoms with E-state index in [0.29, 0.717) is 12.1 Å². The monoisotopic (exact) mass is 288 g/mol. The summed E-state index contributed by atoms with van der Waals surface area (Å²) in [6, 6.07) is 10.2. The van der Waals surface area contributed by atoms with Crippen LogP contribution in [0.5, 0.6) is 5.75 Å². The van der Waals surface area contributed by atoms with Crippen LogP contribution in [0.4, 0.5) is 5.69 Å². The summed E-state index contributed by atoms with van der Waals surface area (Å²) < 4.78 is 11.2. The van der Waals surface area contributed by atoms with Gasteiger partial charge in [0, 0.05) is 29.8 Å². The Morgan fingerprint density at radius 3 is 2.90 bits per heavy atom. The van der Waals surface area contributed by atoms with Crippen LogP contribution in [-0.2, 0) is 4.74 Å². The number of benzene rings is 1. The molecular weight excluding hydrogens is 264 g/mol. The van der Waals surface area contributed by atoms with Gasteiger partial charge in [-0.1, -0.05) is 19.9 Å². The fourth-order valence-corrected chi connectivity index (χ4v) is 2.97. The van der Waals surface area contributed by atoms with Crippen LogP contribution in [0.1, 0.15) is 33.6 Å². The Labute approximate surface area is 127 Å². The van der Waals surface area contributed by atoms with Crippen LogP contribution in [0.2, 0.25) is 0 Å². The van der Waals surface area contributed by atoms with Gasteiger partial charge in [-0.25, -0.2) is 0 Å². The Balaban J connectivity index is 2.00. The van der Waals surface area contributed by atoms with Crippen LogP contribution in [0.3, 0.4) is 0 Å². The van der Waals surface area contributed by atoms with Gasteiger partial charge in [0.1, 0.15) is 11.8 Å². The molecule has 0 amide bonds. The van der Waals surface area contributed by atoms with E-state index in [4.69, 9.17) is 14.7 Å². The molecule has 4 nitrogen and oxygen atoms in total. The number of ether oxygens (including phenoxy) is 2. The Bertz CT molecular complexity index is 512. The normalized spacial score (nSPS) is 27.5. The van der Waals surface area contributed by atoms with E-state index in [1.54, 1.807) is 0 Å². The Kier molecular flexibility index (Phi) is 5.08. The second-order valence-corrected chi connectivity index (χ2v) is 5.71. The molecular formula is C17H24N2O2. The zero-order valence-electron chi connectivity index (χ0n) is 13.1. The maximum atomic E-state index is 8.57. The fourth-order valence-electron chi connectivity index (χ4n) is 2.97. The molecule has 0 radical (unpaired) electrons. The summed E-state index contributed by atoms with van der Waals surface area (Å²) in [6.07, 6.45) is 2.45. The summed E-state index contributed by atoms with van der Waals surface area (Å²) in [5.74, 6) is 0.723. The summed E-state index contributed by atoms with van der Waals surface area (Å²) >= 11 is 0. The van der Waals surface area contributed by atoms with Crippen molar-refractivity contribution in [1.82, 2.24) is 0 Å². The number of nitrogens with zero attached hydrogens (tertiary/aromatic N) is 1. The molecule has 0 saturated heterocycles. The van der Waals surface area contributed by atoms with Crippen LogP contribution in [-0.4, -0.2) is 25.4 Å². The van der Waals surface area contributed by atoms with Crippen LogP contribution in [0.15, 0.2) is 24.3 Å². The van der Waals surface area contributed by atoms with Crippen molar-refractivity contribution in [1.29, 1.82) is 5.26 Å². The average molecular weight is 288 g/mol. The largest absolute Gasteiger partial charge is 0.479 e.